The Morgan fingerprint density at radius 2 is 0.688 bits per heavy atom. The summed E-state index contributed by atoms with van der Waals surface area (Å²) in [6.07, 6.45) is 0. The summed E-state index contributed by atoms with van der Waals surface area (Å²) in [6.45, 7) is -2.40. The van der Waals surface area contributed by atoms with E-state index in [1.54, 1.807) is 0 Å². The monoisotopic (exact) mass is 239 g/mol. The van der Waals surface area contributed by atoms with Gasteiger partial charge in [0.1, 0.15) is 0 Å². The van der Waals surface area contributed by atoms with Crippen molar-refractivity contribution in [1.82, 2.24) is 4.90 Å². The minimum absolute atomic E-state index is 0.399. The molecule has 98 valence electrons. The van der Waals surface area contributed by atoms with Crippen molar-refractivity contribution < 1.29 is 30.6 Å². The zero-order valence-electron chi connectivity index (χ0n) is 9.11. The van der Waals surface area contributed by atoms with Gasteiger partial charge in [0, 0.05) is 0 Å². The van der Waals surface area contributed by atoms with Crippen molar-refractivity contribution in [3.63, 3.8) is 0 Å². The van der Waals surface area contributed by atoms with Gasteiger partial charge in [-0.3, -0.25) is 4.90 Å². The van der Waals surface area contributed by atoms with E-state index in [4.69, 9.17) is 30.6 Å². The molecule has 7 nitrogen and oxygen atoms in total. The Hall–Kier alpha value is -0.280. The van der Waals surface area contributed by atoms with E-state index in [9.17, 15) is 0 Å². The molecule has 0 saturated heterocycles. The fraction of sp³-hybridized carbons (Fsp3) is 1.00. The molecule has 0 aliphatic carbocycles. The predicted octanol–water partition coefficient (Wildman–Crippen LogP) is -3.65. The number of hydrogen-bond donors (Lipinski definition) is 6. The molecule has 6 N–H and O–H groups in total. The minimum atomic E-state index is -0.742. The van der Waals surface area contributed by atoms with Gasteiger partial charge in [-0.1, -0.05) is 0 Å². The van der Waals surface area contributed by atoms with Crippen LogP contribution in [0.4, 0.5) is 0 Å². The van der Waals surface area contributed by atoms with Gasteiger partial charge in [-0.25, -0.2) is 0 Å². The smallest absolute Gasteiger partial charge is 0.0609 e. The van der Waals surface area contributed by atoms with Gasteiger partial charge in [0.05, 0.1) is 57.8 Å². The summed E-state index contributed by atoms with van der Waals surface area (Å²) in [4.78, 5) is 1.33. The van der Waals surface area contributed by atoms with E-state index >= 15 is 0 Å². The lowest BCUT2D eigenvalue weighted by atomic mass is 10.1. The Balaban J connectivity index is 4.84. The van der Waals surface area contributed by atoms with Crippen LogP contribution in [0.15, 0.2) is 0 Å². The van der Waals surface area contributed by atoms with E-state index in [2.05, 4.69) is 0 Å². The van der Waals surface area contributed by atoms with E-state index in [-0.39, 0.29) is 0 Å². The molecule has 16 heavy (non-hydrogen) atoms. The van der Waals surface area contributed by atoms with Crippen LogP contribution in [0.1, 0.15) is 0 Å². The van der Waals surface area contributed by atoms with Crippen molar-refractivity contribution >= 4 is 0 Å². The SMILES string of the molecule is OCC(CO)N(C(CO)CO)C(CO)CO. The molecule has 0 fully saturated rings. The van der Waals surface area contributed by atoms with Crippen LogP contribution in [0.2, 0.25) is 0 Å². The Labute approximate surface area is 94.2 Å². The molecule has 0 heterocycles. The van der Waals surface area contributed by atoms with E-state index in [0.29, 0.717) is 0 Å². The molecule has 0 atom stereocenters. The molecule has 7 heteroatoms. The molecule has 0 aliphatic heterocycles. The molecule has 0 aromatic heterocycles. The second-order valence-corrected chi connectivity index (χ2v) is 3.50. The van der Waals surface area contributed by atoms with Crippen molar-refractivity contribution in [2.45, 2.75) is 18.1 Å². The van der Waals surface area contributed by atoms with Crippen LogP contribution in [0, 0.1) is 0 Å². The summed E-state index contributed by atoms with van der Waals surface area (Å²) < 4.78 is 0. The molecule has 0 amide bonds. The van der Waals surface area contributed by atoms with Gasteiger partial charge >= 0.3 is 0 Å². The van der Waals surface area contributed by atoms with E-state index in [0.717, 1.165) is 0 Å². The molecule has 0 aliphatic rings. The standard InChI is InChI=1S/C9H21NO6/c11-1-7(2-12)10(8(3-13)4-14)9(5-15)6-16/h7-9,11-16H,1-6H2. The molecule has 0 radical (unpaired) electrons. The largest absolute Gasteiger partial charge is 0.395 e. The average molecular weight is 239 g/mol. The summed E-state index contributed by atoms with van der Waals surface area (Å²) in [7, 11) is 0. The van der Waals surface area contributed by atoms with Crippen LogP contribution in [-0.4, -0.2) is 93.3 Å². The Morgan fingerprint density at radius 1 is 0.500 bits per heavy atom. The van der Waals surface area contributed by atoms with Crippen LogP contribution in [0.5, 0.6) is 0 Å². The first-order valence-corrected chi connectivity index (χ1v) is 5.12. The van der Waals surface area contributed by atoms with Crippen LogP contribution >= 0.6 is 0 Å². The molecule has 0 aromatic rings. The van der Waals surface area contributed by atoms with Gasteiger partial charge < -0.3 is 30.6 Å². The minimum Gasteiger partial charge on any atom is -0.395 e. The van der Waals surface area contributed by atoms with Crippen molar-refractivity contribution in [3.8, 4) is 0 Å². The number of aliphatic hydroxyl groups excluding tert-OH is 6. The molecular formula is C9H21NO6. The summed E-state index contributed by atoms with van der Waals surface area (Å²) in [5.74, 6) is 0. The number of hydrogen-bond acceptors (Lipinski definition) is 7. The van der Waals surface area contributed by atoms with Crippen molar-refractivity contribution in [2.75, 3.05) is 39.6 Å². The fourth-order valence-corrected chi connectivity index (χ4v) is 1.63. The van der Waals surface area contributed by atoms with Gasteiger partial charge in [-0.05, 0) is 0 Å². The molecule has 0 bridgehead atoms. The van der Waals surface area contributed by atoms with Crippen LogP contribution in [-0.2, 0) is 0 Å². The van der Waals surface area contributed by atoms with E-state index in [1.807, 2.05) is 0 Å². The average Bonchev–Trinajstić information content (AvgIpc) is 2.33. The molecule has 0 unspecified atom stereocenters. The van der Waals surface area contributed by atoms with E-state index in [1.165, 1.54) is 4.90 Å². The normalized spacial score (nSPS) is 12.4. The maximum Gasteiger partial charge on any atom is 0.0609 e. The third-order valence-electron chi connectivity index (χ3n) is 2.53. The zero-order valence-corrected chi connectivity index (χ0v) is 9.11. The first-order chi connectivity index (χ1) is 7.69. The number of rotatable bonds is 9. The number of aliphatic hydroxyl groups is 6. The topological polar surface area (TPSA) is 125 Å². The first-order valence-electron chi connectivity index (χ1n) is 5.12. The van der Waals surface area contributed by atoms with Gasteiger partial charge in [0.25, 0.3) is 0 Å². The molecular weight excluding hydrogens is 218 g/mol. The van der Waals surface area contributed by atoms with Gasteiger partial charge in [0.15, 0.2) is 0 Å². The maximum atomic E-state index is 9.05. The quantitative estimate of drug-likeness (QED) is 0.245. The fourth-order valence-electron chi connectivity index (χ4n) is 1.63. The van der Waals surface area contributed by atoms with E-state index < -0.39 is 57.8 Å². The summed E-state index contributed by atoms with van der Waals surface area (Å²) in [5.41, 5.74) is 0. The highest BCUT2D eigenvalue weighted by Gasteiger charge is 2.30. The van der Waals surface area contributed by atoms with Gasteiger partial charge in [0.2, 0.25) is 0 Å². The Morgan fingerprint density at radius 3 is 0.812 bits per heavy atom. The van der Waals surface area contributed by atoms with Crippen LogP contribution in [0.3, 0.4) is 0 Å². The number of nitrogens with zero attached hydrogens (tertiary/aromatic N) is 1. The summed E-state index contributed by atoms with van der Waals surface area (Å²) in [6, 6.07) is -2.23. The predicted molar refractivity (Wildman–Crippen MR) is 55.7 cm³/mol. The first kappa shape index (κ1) is 15.7. The zero-order chi connectivity index (χ0) is 12.6. The third-order valence-corrected chi connectivity index (χ3v) is 2.53. The highest BCUT2D eigenvalue weighted by molar-refractivity contribution is 4.84. The highest BCUT2D eigenvalue weighted by atomic mass is 16.3. The van der Waals surface area contributed by atoms with Gasteiger partial charge in [-0.2, -0.15) is 0 Å². The van der Waals surface area contributed by atoms with Gasteiger partial charge in [-0.15, -0.1) is 0 Å². The Kier molecular flexibility index (Phi) is 8.67. The summed E-state index contributed by atoms with van der Waals surface area (Å²) in [5, 5.41) is 54.3. The lowest BCUT2D eigenvalue weighted by Gasteiger charge is -2.39. The molecule has 0 saturated carbocycles. The second kappa shape index (κ2) is 8.82. The third kappa shape index (κ3) is 3.95. The second-order valence-electron chi connectivity index (χ2n) is 3.50. The molecule has 0 rings (SSSR count). The maximum absolute atomic E-state index is 9.05. The molecule has 0 aromatic carbocycles. The summed E-state index contributed by atoms with van der Waals surface area (Å²) >= 11 is 0. The lowest BCUT2D eigenvalue weighted by molar-refractivity contribution is -0.0523. The lowest BCUT2D eigenvalue weighted by Crippen LogP contribution is -2.57. The van der Waals surface area contributed by atoms with Crippen molar-refractivity contribution in [2.24, 2.45) is 0 Å². The van der Waals surface area contributed by atoms with Crippen LogP contribution < -0.4 is 0 Å². The van der Waals surface area contributed by atoms with Crippen molar-refractivity contribution in [3.05, 3.63) is 0 Å². The van der Waals surface area contributed by atoms with Crippen LogP contribution in [0.25, 0.3) is 0 Å². The molecule has 0 spiro atoms. The Bertz CT molecular complexity index is 130. The van der Waals surface area contributed by atoms with Crippen molar-refractivity contribution in [1.29, 1.82) is 0 Å². The highest BCUT2D eigenvalue weighted by Crippen LogP contribution is 2.11.